The first-order valence-electron chi connectivity index (χ1n) is 8.35. The van der Waals surface area contributed by atoms with Crippen LogP contribution in [0.4, 0.5) is 0 Å². The Morgan fingerprint density at radius 2 is 1.70 bits per heavy atom. The van der Waals surface area contributed by atoms with Gasteiger partial charge in [0, 0.05) is 5.56 Å². The van der Waals surface area contributed by atoms with Crippen LogP contribution >= 0.6 is 0 Å². The van der Waals surface area contributed by atoms with Gasteiger partial charge in [-0.1, -0.05) is 17.7 Å². The number of carbonyl (C=O) groups is 1. The number of esters is 1. The van der Waals surface area contributed by atoms with Gasteiger partial charge in [0.2, 0.25) is 5.89 Å². The minimum atomic E-state index is -0.697. The second-order valence-electron chi connectivity index (χ2n) is 5.93. The van der Waals surface area contributed by atoms with E-state index in [0.29, 0.717) is 23.0 Å². The zero-order valence-corrected chi connectivity index (χ0v) is 15.6. The standard InChI is InChI=1S/C20H20N2O5/c1-12-5-7-14(8-6-12)19-22-21-18(27-19)13(2)26-20(23)15-9-10-16(24-3)17(11-15)25-4/h5-11,13H,1-4H3/t13-/m1/s1. The summed E-state index contributed by atoms with van der Waals surface area (Å²) >= 11 is 0. The fraction of sp³-hybridized carbons (Fsp3) is 0.250. The molecular weight excluding hydrogens is 348 g/mol. The number of methoxy groups -OCH3 is 2. The Hall–Kier alpha value is -3.35. The lowest BCUT2D eigenvalue weighted by molar-refractivity contribution is 0.0279. The Labute approximate surface area is 156 Å². The van der Waals surface area contributed by atoms with E-state index in [1.807, 2.05) is 31.2 Å². The first-order chi connectivity index (χ1) is 13.0. The average molecular weight is 368 g/mol. The van der Waals surface area contributed by atoms with Crippen LogP contribution in [-0.4, -0.2) is 30.4 Å². The number of rotatable bonds is 6. The van der Waals surface area contributed by atoms with E-state index in [9.17, 15) is 4.79 Å². The number of ether oxygens (including phenoxy) is 3. The highest BCUT2D eigenvalue weighted by atomic mass is 16.6. The topological polar surface area (TPSA) is 83.7 Å². The Kier molecular flexibility index (Phi) is 5.40. The molecule has 0 amide bonds. The molecule has 0 fully saturated rings. The van der Waals surface area contributed by atoms with Crippen molar-refractivity contribution in [2.24, 2.45) is 0 Å². The predicted molar refractivity (Wildman–Crippen MR) is 97.8 cm³/mol. The van der Waals surface area contributed by atoms with Crippen LogP contribution in [0.2, 0.25) is 0 Å². The third-order valence-corrected chi connectivity index (χ3v) is 3.99. The molecule has 0 aliphatic rings. The molecule has 7 nitrogen and oxygen atoms in total. The lowest BCUT2D eigenvalue weighted by Gasteiger charge is -2.11. The van der Waals surface area contributed by atoms with Gasteiger partial charge in [0.25, 0.3) is 5.89 Å². The third kappa shape index (κ3) is 4.08. The number of hydrogen-bond acceptors (Lipinski definition) is 7. The number of hydrogen-bond donors (Lipinski definition) is 0. The SMILES string of the molecule is COc1ccc(C(=O)O[C@H](C)c2nnc(-c3ccc(C)cc3)o2)cc1OC. The molecule has 0 spiro atoms. The fourth-order valence-corrected chi connectivity index (χ4v) is 2.45. The fourth-order valence-electron chi connectivity index (χ4n) is 2.45. The monoisotopic (exact) mass is 368 g/mol. The van der Waals surface area contributed by atoms with E-state index in [2.05, 4.69) is 10.2 Å². The van der Waals surface area contributed by atoms with Gasteiger partial charge < -0.3 is 18.6 Å². The molecule has 0 bridgehead atoms. The molecule has 140 valence electrons. The number of benzene rings is 2. The van der Waals surface area contributed by atoms with Gasteiger partial charge in [0.05, 0.1) is 19.8 Å². The normalized spacial score (nSPS) is 11.7. The zero-order valence-electron chi connectivity index (χ0n) is 15.6. The molecule has 0 radical (unpaired) electrons. The van der Waals surface area contributed by atoms with E-state index < -0.39 is 12.1 Å². The van der Waals surface area contributed by atoms with Crippen LogP contribution in [0.15, 0.2) is 46.9 Å². The van der Waals surface area contributed by atoms with Crippen molar-refractivity contribution in [1.82, 2.24) is 10.2 Å². The summed E-state index contributed by atoms with van der Waals surface area (Å²) in [5.74, 6) is 1.04. The second-order valence-corrected chi connectivity index (χ2v) is 5.93. The van der Waals surface area contributed by atoms with Crippen LogP contribution in [0.25, 0.3) is 11.5 Å². The number of aryl methyl sites for hydroxylation is 1. The lowest BCUT2D eigenvalue weighted by Crippen LogP contribution is -2.10. The van der Waals surface area contributed by atoms with Gasteiger partial charge in [-0.2, -0.15) is 0 Å². The molecule has 0 N–H and O–H groups in total. The summed E-state index contributed by atoms with van der Waals surface area (Å²) in [6.07, 6.45) is -0.697. The van der Waals surface area contributed by atoms with Crippen LogP contribution in [0.1, 0.15) is 34.8 Å². The Morgan fingerprint density at radius 1 is 1.00 bits per heavy atom. The lowest BCUT2D eigenvalue weighted by atomic mass is 10.1. The maximum Gasteiger partial charge on any atom is 0.339 e. The maximum absolute atomic E-state index is 12.4. The van der Waals surface area contributed by atoms with E-state index >= 15 is 0 Å². The van der Waals surface area contributed by atoms with Gasteiger partial charge in [-0.15, -0.1) is 10.2 Å². The van der Waals surface area contributed by atoms with Crippen molar-refractivity contribution in [2.75, 3.05) is 14.2 Å². The summed E-state index contributed by atoms with van der Waals surface area (Å²) in [5.41, 5.74) is 2.27. The largest absolute Gasteiger partial charge is 0.493 e. The van der Waals surface area contributed by atoms with Crippen LogP contribution in [0.5, 0.6) is 11.5 Å². The van der Waals surface area contributed by atoms with E-state index in [-0.39, 0.29) is 5.89 Å². The van der Waals surface area contributed by atoms with Crippen LogP contribution in [-0.2, 0) is 4.74 Å². The Morgan fingerprint density at radius 3 is 2.37 bits per heavy atom. The van der Waals surface area contributed by atoms with Gasteiger partial charge in [-0.05, 0) is 44.2 Å². The van der Waals surface area contributed by atoms with Crippen molar-refractivity contribution in [3.63, 3.8) is 0 Å². The summed E-state index contributed by atoms with van der Waals surface area (Å²) in [5, 5.41) is 8.01. The van der Waals surface area contributed by atoms with Crippen LogP contribution in [0, 0.1) is 6.92 Å². The van der Waals surface area contributed by atoms with E-state index in [1.165, 1.54) is 14.2 Å². The number of aromatic nitrogens is 2. The maximum atomic E-state index is 12.4. The Bertz CT molecular complexity index is 934. The molecule has 2 aromatic carbocycles. The molecule has 1 heterocycles. The van der Waals surface area contributed by atoms with Gasteiger partial charge >= 0.3 is 5.97 Å². The third-order valence-electron chi connectivity index (χ3n) is 3.99. The van der Waals surface area contributed by atoms with Crippen molar-refractivity contribution in [3.8, 4) is 23.0 Å². The molecule has 3 aromatic rings. The van der Waals surface area contributed by atoms with Crippen molar-refractivity contribution in [2.45, 2.75) is 20.0 Å². The summed E-state index contributed by atoms with van der Waals surface area (Å²) in [6.45, 7) is 3.67. The molecule has 27 heavy (non-hydrogen) atoms. The molecule has 0 aliphatic heterocycles. The summed E-state index contributed by atoms with van der Waals surface area (Å²) in [6, 6.07) is 12.5. The number of carbonyl (C=O) groups excluding carboxylic acids is 1. The molecule has 0 saturated heterocycles. The van der Waals surface area contributed by atoms with Gasteiger partial charge in [0.1, 0.15) is 0 Å². The summed E-state index contributed by atoms with van der Waals surface area (Å²) < 4.78 is 21.4. The molecular formula is C20H20N2O5. The summed E-state index contributed by atoms with van der Waals surface area (Å²) in [7, 11) is 3.03. The first kappa shape index (κ1) is 18.4. The van der Waals surface area contributed by atoms with E-state index in [4.69, 9.17) is 18.6 Å². The van der Waals surface area contributed by atoms with Crippen molar-refractivity contribution in [3.05, 3.63) is 59.5 Å². The van der Waals surface area contributed by atoms with Crippen molar-refractivity contribution < 1.29 is 23.4 Å². The molecule has 0 aliphatic carbocycles. The first-order valence-corrected chi connectivity index (χ1v) is 8.35. The van der Waals surface area contributed by atoms with Gasteiger partial charge in [0.15, 0.2) is 17.6 Å². The van der Waals surface area contributed by atoms with Crippen molar-refractivity contribution in [1.29, 1.82) is 0 Å². The zero-order chi connectivity index (χ0) is 19.4. The quantitative estimate of drug-likeness (QED) is 0.609. The highest BCUT2D eigenvalue weighted by Gasteiger charge is 2.21. The minimum absolute atomic E-state index is 0.222. The Balaban J connectivity index is 1.72. The molecule has 1 atom stereocenters. The molecule has 0 unspecified atom stereocenters. The molecule has 3 rings (SSSR count). The van der Waals surface area contributed by atoms with E-state index in [0.717, 1.165) is 11.1 Å². The van der Waals surface area contributed by atoms with Crippen molar-refractivity contribution >= 4 is 5.97 Å². The van der Waals surface area contributed by atoms with Crippen LogP contribution < -0.4 is 9.47 Å². The molecule has 1 aromatic heterocycles. The summed E-state index contributed by atoms with van der Waals surface area (Å²) in [4.78, 5) is 12.4. The molecule has 0 saturated carbocycles. The van der Waals surface area contributed by atoms with E-state index in [1.54, 1.807) is 25.1 Å². The van der Waals surface area contributed by atoms with Gasteiger partial charge in [-0.25, -0.2) is 4.79 Å². The number of nitrogens with zero attached hydrogens (tertiary/aromatic N) is 2. The predicted octanol–water partition coefficient (Wildman–Crippen LogP) is 3.98. The van der Waals surface area contributed by atoms with Gasteiger partial charge in [-0.3, -0.25) is 0 Å². The minimum Gasteiger partial charge on any atom is -0.493 e. The molecule has 7 heteroatoms. The second kappa shape index (κ2) is 7.90. The van der Waals surface area contributed by atoms with Crippen LogP contribution in [0.3, 0.4) is 0 Å². The smallest absolute Gasteiger partial charge is 0.339 e. The average Bonchev–Trinajstić information content (AvgIpc) is 3.18. The highest BCUT2D eigenvalue weighted by molar-refractivity contribution is 5.90. The highest BCUT2D eigenvalue weighted by Crippen LogP contribution is 2.29.